The van der Waals surface area contributed by atoms with Crippen molar-refractivity contribution in [2.24, 2.45) is 5.92 Å². The van der Waals surface area contributed by atoms with Crippen molar-refractivity contribution in [2.75, 3.05) is 32.0 Å². The van der Waals surface area contributed by atoms with E-state index in [4.69, 9.17) is 0 Å². The molecule has 0 saturated heterocycles. The quantitative estimate of drug-likeness (QED) is 0.804. The number of anilines is 1. The summed E-state index contributed by atoms with van der Waals surface area (Å²) in [6.07, 6.45) is 2.52. The number of rotatable bonds is 7. The zero-order chi connectivity index (χ0) is 15.2. The molecule has 1 aliphatic carbocycles. The lowest BCUT2D eigenvalue weighted by Crippen LogP contribution is -2.40. The average molecular weight is 326 g/mol. The highest BCUT2D eigenvalue weighted by atomic mass is 35.5. The van der Waals surface area contributed by atoms with Gasteiger partial charge in [-0.25, -0.2) is 0 Å². The number of nitrogens with one attached hydrogen (secondary N) is 2. The van der Waals surface area contributed by atoms with Gasteiger partial charge in [0.25, 0.3) is 0 Å². The van der Waals surface area contributed by atoms with E-state index in [9.17, 15) is 9.59 Å². The van der Waals surface area contributed by atoms with Gasteiger partial charge in [-0.05, 0) is 44.4 Å². The number of carbonyl (C=O) groups is 2. The van der Waals surface area contributed by atoms with Gasteiger partial charge in [0, 0.05) is 12.7 Å². The zero-order valence-electron chi connectivity index (χ0n) is 13.1. The summed E-state index contributed by atoms with van der Waals surface area (Å²) in [6, 6.07) is 7.58. The van der Waals surface area contributed by atoms with Crippen LogP contribution in [-0.2, 0) is 9.59 Å². The van der Waals surface area contributed by atoms with Crippen molar-refractivity contribution in [3.63, 3.8) is 0 Å². The van der Waals surface area contributed by atoms with E-state index in [1.165, 1.54) is 17.7 Å². The normalized spacial score (nSPS) is 13.2. The van der Waals surface area contributed by atoms with E-state index in [1.54, 1.807) is 7.05 Å². The molecule has 0 radical (unpaired) electrons. The molecule has 6 heteroatoms. The average Bonchev–Trinajstić information content (AvgIpc) is 3.25. The second-order valence-electron chi connectivity index (χ2n) is 5.74. The van der Waals surface area contributed by atoms with Crippen molar-refractivity contribution in [1.29, 1.82) is 0 Å². The Kier molecular flexibility index (Phi) is 7.35. The minimum Gasteiger partial charge on any atom is -0.335 e. The Morgan fingerprint density at radius 3 is 2.45 bits per heavy atom. The van der Waals surface area contributed by atoms with Crippen LogP contribution in [0.5, 0.6) is 0 Å². The van der Waals surface area contributed by atoms with Crippen LogP contribution in [0.15, 0.2) is 24.3 Å². The van der Waals surface area contributed by atoms with Gasteiger partial charge in [-0.15, -0.1) is 12.4 Å². The first-order valence-corrected chi connectivity index (χ1v) is 7.36. The molecule has 122 valence electrons. The molecule has 1 saturated carbocycles. The summed E-state index contributed by atoms with van der Waals surface area (Å²) in [4.78, 5) is 25.2. The number of nitrogens with zero attached hydrogens (tertiary/aromatic N) is 1. The standard InChI is InChI=1S/C16H23N3O2.ClH/c1-12-3-7-14(8-4-12)18-15(20)11-19(2)16(21)10-17-9-13-5-6-13;/h3-4,7-8,13,17H,5-6,9-11H2,1-2H3,(H,18,20);1H. The fourth-order valence-corrected chi connectivity index (χ4v) is 1.98. The van der Waals surface area contributed by atoms with Gasteiger partial charge in [0.05, 0.1) is 13.1 Å². The number of likely N-dealkylation sites (N-methyl/N-ethyl adjacent to an activating group) is 1. The van der Waals surface area contributed by atoms with Gasteiger partial charge in [0.15, 0.2) is 0 Å². The zero-order valence-corrected chi connectivity index (χ0v) is 13.9. The van der Waals surface area contributed by atoms with Crippen molar-refractivity contribution in [2.45, 2.75) is 19.8 Å². The van der Waals surface area contributed by atoms with Crippen molar-refractivity contribution >= 4 is 29.9 Å². The molecule has 0 atom stereocenters. The van der Waals surface area contributed by atoms with Crippen molar-refractivity contribution in [3.8, 4) is 0 Å². The maximum absolute atomic E-state index is 11.9. The number of amides is 2. The van der Waals surface area contributed by atoms with Gasteiger partial charge in [-0.1, -0.05) is 17.7 Å². The largest absolute Gasteiger partial charge is 0.335 e. The smallest absolute Gasteiger partial charge is 0.243 e. The SMILES string of the molecule is Cc1ccc(NC(=O)CN(C)C(=O)CNCC2CC2)cc1.Cl. The van der Waals surface area contributed by atoms with Crippen LogP contribution in [-0.4, -0.2) is 43.4 Å². The van der Waals surface area contributed by atoms with Crippen LogP contribution in [0.2, 0.25) is 0 Å². The third kappa shape index (κ3) is 6.45. The monoisotopic (exact) mass is 325 g/mol. The molecule has 0 aromatic heterocycles. The molecule has 5 nitrogen and oxygen atoms in total. The van der Waals surface area contributed by atoms with E-state index < -0.39 is 0 Å². The van der Waals surface area contributed by atoms with Gasteiger partial charge in [0.2, 0.25) is 11.8 Å². The lowest BCUT2D eigenvalue weighted by Gasteiger charge is -2.17. The maximum Gasteiger partial charge on any atom is 0.243 e. The third-order valence-corrected chi connectivity index (χ3v) is 3.55. The molecule has 0 heterocycles. The summed E-state index contributed by atoms with van der Waals surface area (Å²) in [5, 5.41) is 5.92. The molecule has 2 amide bonds. The molecule has 0 unspecified atom stereocenters. The van der Waals surface area contributed by atoms with Gasteiger partial charge in [0.1, 0.15) is 0 Å². The highest BCUT2D eigenvalue weighted by Crippen LogP contribution is 2.27. The molecule has 0 aliphatic heterocycles. The molecular formula is C16H24ClN3O2. The summed E-state index contributed by atoms with van der Waals surface area (Å²) in [7, 11) is 1.65. The van der Waals surface area contributed by atoms with Crippen LogP contribution in [0.4, 0.5) is 5.69 Å². The van der Waals surface area contributed by atoms with E-state index in [0.717, 1.165) is 23.7 Å². The topological polar surface area (TPSA) is 61.4 Å². The van der Waals surface area contributed by atoms with Crippen LogP contribution in [0.25, 0.3) is 0 Å². The molecule has 22 heavy (non-hydrogen) atoms. The van der Waals surface area contributed by atoms with Gasteiger partial charge < -0.3 is 15.5 Å². The number of hydrogen-bond acceptors (Lipinski definition) is 3. The first-order valence-electron chi connectivity index (χ1n) is 7.36. The molecule has 2 N–H and O–H groups in total. The molecular weight excluding hydrogens is 302 g/mol. The Balaban J connectivity index is 0.00000242. The molecule has 0 spiro atoms. The van der Waals surface area contributed by atoms with E-state index in [-0.39, 0.29) is 30.8 Å². The molecule has 1 aromatic rings. The Labute approximate surface area is 137 Å². The molecule has 1 fully saturated rings. The summed E-state index contributed by atoms with van der Waals surface area (Å²) < 4.78 is 0. The van der Waals surface area contributed by atoms with Crippen LogP contribution in [0.3, 0.4) is 0 Å². The van der Waals surface area contributed by atoms with Crippen LogP contribution in [0, 0.1) is 12.8 Å². The minimum absolute atomic E-state index is 0. The fraction of sp³-hybridized carbons (Fsp3) is 0.500. The third-order valence-electron chi connectivity index (χ3n) is 3.55. The highest BCUT2D eigenvalue weighted by molar-refractivity contribution is 5.94. The number of halogens is 1. The summed E-state index contributed by atoms with van der Waals surface area (Å²) in [5.41, 5.74) is 1.89. The van der Waals surface area contributed by atoms with Crippen molar-refractivity contribution < 1.29 is 9.59 Å². The summed E-state index contributed by atoms with van der Waals surface area (Å²) in [6.45, 7) is 3.25. The molecule has 1 aromatic carbocycles. The Morgan fingerprint density at radius 2 is 1.86 bits per heavy atom. The lowest BCUT2D eigenvalue weighted by molar-refractivity contribution is -0.132. The number of hydrogen-bond donors (Lipinski definition) is 2. The van der Waals surface area contributed by atoms with E-state index in [0.29, 0.717) is 6.54 Å². The van der Waals surface area contributed by atoms with Gasteiger partial charge >= 0.3 is 0 Å². The number of aryl methyl sites for hydroxylation is 1. The number of carbonyl (C=O) groups excluding carboxylic acids is 2. The predicted molar refractivity (Wildman–Crippen MR) is 90.3 cm³/mol. The van der Waals surface area contributed by atoms with E-state index in [1.807, 2.05) is 31.2 Å². The Morgan fingerprint density at radius 1 is 1.23 bits per heavy atom. The second-order valence-corrected chi connectivity index (χ2v) is 5.74. The second kappa shape index (κ2) is 8.76. The van der Waals surface area contributed by atoms with Crippen molar-refractivity contribution in [1.82, 2.24) is 10.2 Å². The van der Waals surface area contributed by atoms with Crippen LogP contribution in [0.1, 0.15) is 18.4 Å². The summed E-state index contributed by atoms with van der Waals surface area (Å²) >= 11 is 0. The lowest BCUT2D eigenvalue weighted by atomic mass is 10.2. The Hall–Kier alpha value is -1.59. The van der Waals surface area contributed by atoms with E-state index >= 15 is 0 Å². The van der Waals surface area contributed by atoms with Crippen LogP contribution < -0.4 is 10.6 Å². The maximum atomic E-state index is 11.9. The molecule has 1 aliphatic rings. The number of benzene rings is 1. The highest BCUT2D eigenvalue weighted by Gasteiger charge is 2.21. The van der Waals surface area contributed by atoms with Crippen LogP contribution >= 0.6 is 12.4 Å². The van der Waals surface area contributed by atoms with Crippen molar-refractivity contribution in [3.05, 3.63) is 29.8 Å². The molecule has 0 bridgehead atoms. The first-order chi connectivity index (χ1) is 10.0. The fourth-order valence-electron chi connectivity index (χ4n) is 1.98. The predicted octanol–water partition coefficient (Wildman–Crippen LogP) is 1.81. The first kappa shape index (κ1) is 18.5. The van der Waals surface area contributed by atoms with E-state index in [2.05, 4.69) is 10.6 Å². The van der Waals surface area contributed by atoms with Gasteiger partial charge in [-0.3, -0.25) is 9.59 Å². The van der Waals surface area contributed by atoms with Gasteiger partial charge in [-0.2, -0.15) is 0 Å². The molecule has 2 rings (SSSR count). The summed E-state index contributed by atoms with van der Waals surface area (Å²) in [5.74, 6) is 0.500. The Bertz CT molecular complexity index is 501. The minimum atomic E-state index is -0.183.